The summed E-state index contributed by atoms with van der Waals surface area (Å²) in [7, 11) is 0. The van der Waals surface area contributed by atoms with Gasteiger partial charge in [0.05, 0.1) is 12.2 Å². The molecule has 1 aliphatic heterocycles. The highest BCUT2D eigenvalue weighted by Gasteiger charge is 2.66. The van der Waals surface area contributed by atoms with E-state index >= 15 is 0 Å². The van der Waals surface area contributed by atoms with Crippen molar-refractivity contribution in [2.75, 3.05) is 0 Å². The van der Waals surface area contributed by atoms with Gasteiger partial charge < -0.3 is 4.74 Å². The van der Waals surface area contributed by atoms with Gasteiger partial charge in [0.15, 0.2) is 0 Å². The fraction of sp³-hybridized carbons (Fsp3) is 1.00. The quantitative estimate of drug-likeness (QED) is 0.663. The van der Waals surface area contributed by atoms with E-state index in [1.807, 2.05) is 0 Å². The maximum atomic E-state index is 5.79. The third-order valence-electron chi connectivity index (χ3n) is 6.00. The van der Waals surface area contributed by atoms with Crippen LogP contribution in [0.3, 0.4) is 0 Å². The van der Waals surface area contributed by atoms with Crippen molar-refractivity contribution in [3.8, 4) is 0 Å². The highest BCUT2D eigenvalue weighted by atomic mass is 16.6. The molecular formula is C15H24O. The summed E-state index contributed by atoms with van der Waals surface area (Å²) in [5, 5.41) is 0. The molecule has 4 fully saturated rings. The zero-order valence-corrected chi connectivity index (χ0v) is 10.6. The van der Waals surface area contributed by atoms with Crippen LogP contribution in [0, 0.1) is 35.5 Å². The van der Waals surface area contributed by atoms with Crippen molar-refractivity contribution in [2.45, 2.75) is 58.2 Å². The van der Waals surface area contributed by atoms with Gasteiger partial charge in [0, 0.05) is 0 Å². The van der Waals surface area contributed by atoms with Crippen LogP contribution in [0.15, 0.2) is 0 Å². The Morgan fingerprint density at radius 2 is 2.00 bits per heavy atom. The molecule has 0 aromatic heterocycles. The zero-order chi connectivity index (χ0) is 10.9. The van der Waals surface area contributed by atoms with Crippen molar-refractivity contribution in [2.24, 2.45) is 35.5 Å². The Balaban J connectivity index is 1.45. The third kappa shape index (κ3) is 1.27. The topological polar surface area (TPSA) is 12.5 Å². The Morgan fingerprint density at radius 1 is 1.12 bits per heavy atom. The molecule has 3 aliphatic carbocycles. The third-order valence-corrected chi connectivity index (χ3v) is 6.00. The van der Waals surface area contributed by atoms with Gasteiger partial charge in [0.1, 0.15) is 0 Å². The molecule has 1 heterocycles. The predicted octanol–water partition coefficient (Wildman–Crippen LogP) is 3.48. The second-order valence-corrected chi connectivity index (χ2v) is 7.24. The molecule has 1 saturated heterocycles. The van der Waals surface area contributed by atoms with Gasteiger partial charge in [0.25, 0.3) is 0 Å². The first-order valence-electron chi connectivity index (χ1n) is 7.39. The summed E-state index contributed by atoms with van der Waals surface area (Å²) in [6.45, 7) is 4.73. The SMILES string of the molecule is CC(C)CCC1CC2CC1C1C2CC2OC21. The number of hydrogen-bond donors (Lipinski definition) is 0. The second-order valence-electron chi connectivity index (χ2n) is 7.24. The normalized spacial score (nSPS) is 56.8. The van der Waals surface area contributed by atoms with Crippen LogP contribution in [0.4, 0.5) is 0 Å². The van der Waals surface area contributed by atoms with Crippen molar-refractivity contribution in [1.29, 1.82) is 0 Å². The van der Waals surface area contributed by atoms with Crippen LogP contribution in [0.2, 0.25) is 0 Å². The smallest absolute Gasteiger partial charge is 0.0875 e. The molecule has 0 amide bonds. The van der Waals surface area contributed by atoms with Crippen molar-refractivity contribution >= 4 is 0 Å². The molecule has 1 heteroatoms. The van der Waals surface area contributed by atoms with E-state index in [0.29, 0.717) is 6.10 Å². The Hall–Kier alpha value is -0.0400. The molecule has 0 spiro atoms. The van der Waals surface area contributed by atoms with Crippen molar-refractivity contribution in [1.82, 2.24) is 0 Å². The highest BCUT2D eigenvalue weighted by Crippen LogP contribution is 2.66. The summed E-state index contributed by atoms with van der Waals surface area (Å²) in [5.41, 5.74) is 0. The minimum Gasteiger partial charge on any atom is -0.369 e. The van der Waals surface area contributed by atoms with Crippen LogP contribution in [0.1, 0.15) is 46.0 Å². The molecule has 3 saturated carbocycles. The second kappa shape index (κ2) is 3.25. The van der Waals surface area contributed by atoms with E-state index in [4.69, 9.17) is 4.74 Å². The van der Waals surface area contributed by atoms with Gasteiger partial charge in [-0.3, -0.25) is 0 Å². The van der Waals surface area contributed by atoms with E-state index in [1.54, 1.807) is 12.8 Å². The molecule has 4 rings (SSSR count). The van der Waals surface area contributed by atoms with E-state index in [9.17, 15) is 0 Å². The van der Waals surface area contributed by atoms with Gasteiger partial charge in [-0.05, 0) is 61.2 Å². The van der Waals surface area contributed by atoms with Crippen molar-refractivity contribution in [3.05, 3.63) is 0 Å². The van der Waals surface area contributed by atoms with Gasteiger partial charge in [-0.2, -0.15) is 0 Å². The average Bonchev–Trinajstić information content (AvgIpc) is 2.64. The number of hydrogen-bond acceptors (Lipinski definition) is 1. The van der Waals surface area contributed by atoms with E-state index in [-0.39, 0.29) is 0 Å². The minimum absolute atomic E-state index is 0.712. The molecule has 4 aliphatic rings. The Bertz CT molecular complexity index is 298. The molecule has 2 bridgehead atoms. The van der Waals surface area contributed by atoms with E-state index in [0.717, 1.165) is 41.6 Å². The number of rotatable bonds is 3. The monoisotopic (exact) mass is 220 g/mol. The van der Waals surface area contributed by atoms with Crippen LogP contribution < -0.4 is 0 Å². The number of fused-ring (bicyclic) bond motifs is 7. The van der Waals surface area contributed by atoms with Crippen molar-refractivity contribution < 1.29 is 4.74 Å². The van der Waals surface area contributed by atoms with Crippen molar-refractivity contribution in [3.63, 3.8) is 0 Å². The minimum atomic E-state index is 0.712. The molecular weight excluding hydrogens is 196 g/mol. The summed E-state index contributed by atoms with van der Waals surface area (Å²) in [6, 6.07) is 0. The lowest BCUT2D eigenvalue weighted by molar-refractivity contribution is 0.106. The summed E-state index contributed by atoms with van der Waals surface area (Å²) in [5.74, 6) is 6.21. The molecule has 16 heavy (non-hydrogen) atoms. The summed E-state index contributed by atoms with van der Waals surface area (Å²) in [6.07, 6.45) is 8.93. The molecule has 1 nitrogen and oxygen atoms in total. The molecule has 0 radical (unpaired) electrons. The maximum Gasteiger partial charge on any atom is 0.0875 e. The molecule has 0 aromatic rings. The van der Waals surface area contributed by atoms with E-state index in [2.05, 4.69) is 13.8 Å². The lowest BCUT2D eigenvalue weighted by atomic mass is 9.73. The van der Waals surface area contributed by atoms with Crippen LogP contribution in [-0.4, -0.2) is 12.2 Å². The molecule has 90 valence electrons. The van der Waals surface area contributed by atoms with E-state index < -0.39 is 0 Å². The summed E-state index contributed by atoms with van der Waals surface area (Å²) < 4.78 is 5.79. The van der Waals surface area contributed by atoms with Gasteiger partial charge in [-0.15, -0.1) is 0 Å². The average molecular weight is 220 g/mol. The molecule has 7 unspecified atom stereocenters. The first kappa shape index (κ1) is 9.94. The van der Waals surface area contributed by atoms with Crippen LogP contribution in [0.5, 0.6) is 0 Å². The standard InChI is InChI=1S/C15H24O/c1-8(2)3-4-9-5-10-6-11(9)14-12(10)7-13-15(14)16-13/h8-15H,3-7H2,1-2H3. The first-order chi connectivity index (χ1) is 7.74. The van der Waals surface area contributed by atoms with Crippen LogP contribution >= 0.6 is 0 Å². The summed E-state index contributed by atoms with van der Waals surface area (Å²) >= 11 is 0. The summed E-state index contributed by atoms with van der Waals surface area (Å²) in [4.78, 5) is 0. The number of epoxide rings is 1. The lowest BCUT2D eigenvalue weighted by Gasteiger charge is -2.33. The van der Waals surface area contributed by atoms with E-state index in [1.165, 1.54) is 19.3 Å². The molecule has 0 N–H and O–H groups in total. The van der Waals surface area contributed by atoms with Crippen LogP contribution in [-0.2, 0) is 4.74 Å². The lowest BCUT2D eigenvalue weighted by Crippen LogP contribution is -2.28. The van der Waals surface area contributed by atoms with Crippen LogP contribution in [0.25, 0.3) is 0 Å². The highest BCUT2D eigenvalue weighted by molar-refractivity contribution is 5.13. The fourth-order valence-corrected chi connectivity index (χ4v) is 5.32. The predicted molar refractivity (Wildman–Crippen MR) is 64.0 cm³/mol. The van der Waals surface area contributed by atoms with Gasteiger partial charge >= 0.3 is 0 Å². The van der Waals surface area contributed by atoms with Gasteiger partial charge in [-0.25, -0.2) is 0 Å². The van der Waals surface area contributed by atoms with Gasteiger partial charge in [0.2, 0.25) is 0 Å². The zero-order valence-electron chi connectivity index (χ0n) is 10.6. The number of ether oxygens (including phenoxy) is 1. The van der Waals surface area contributed by atoms with Gasteiger partial charge in [-0.1, -0.05) is 20.3 Å². The maximum absolute atomic E-state index is 5.79. The Morgan fingerprint density at radius 3 is 2.81 bits per heavy atom. The molecule has 7 atom stereocenters. The molecule has 0 aromatic carbocycles. The Kier molecular flexibility index (Phi) is 2.02. The Labute approximate surface area is 98.9 Å². The fourth-order valence-electron chi connectivity index (χ4n) is 5.32. The first-order valence-corrected chi connectivity index (χ1v) is 7.39. The largest absolute Gasteiger partial charge is 0.369 e.